The monoisotopic (exact) mass is 913 g/mol. The molecule has 0 spiro atoms. The molecule has 0 aliphatic heterocycles. The van der Waals surface area contributed by atoms with E-state index >= 15 is 0 Å². The second-order valence-electron chi connectivity index (χ2n) is 13.0. The van der Waals surface area contributed by atoms with Gasteiger partial charge in [0.15, 0.2) is 0 Å². The topological polar surface area (TPSA) is 46.2 Å². The minimum Gasteiger partial charge on any atom is -0.345 e. The summed E-state index contributed by atoms with van der Waals surface area (Å²) in [5.74, 6) is -40.1. The molecule has 1 amide bonds. The largest absolute Gasteiger partial charge is 0.460 e. The number of aryl methyl sites for hydroxylation is 2. The lowest BCUT2D eigenvalue weighted by Gasteiger charge is -2.33. The molecule has 3 nitrogen and oxygen atoms in total. The molecule has 0 heterocycles. The molecule has 1 atom stereocenters. The Morgan fingerprint density at radius 3 is 1.25 bits per heavy atom. The third-order valence-corrected chi connectivity index (χ3v) is 12.6. The van der Waals surface area contributed by atoms with Gasteiger partial charge in [0.1, 0.15) is 6.04 Å². The summed E-state index contributed by atoms with van der Waals surface area (Å²) in [7, 11) is -1.83. The zero-order chi connectivity index (χ0) is 45.0. The average Bonchev–Trinajstić information content (AvgIpc) is 3.13. The van der Waals surface area contributed by atoms with Gasteiger partial charge in [0.05, 0.1) is 0 Å². The number of nitrogens with one attached hydrogen (secondary N) is 1. The summed E-state index contributed by atoms with van der Waals surface area (Å²) in [5, 5.41) is 2.45. The maximum Gasteiger partial charge on any atom is 0.460 e. The molecule has 0 aliphatic carbocycles. The van der Waals surface area contributed by atoms with E-state index in [9.17, 15) is 88.6 Å². The van der Waals surface area contributed by atoms with Crippen molar-refractivity contribution in [1.82, 2.24) is 5.32 Å². The van der Waals surface area contributed by atoms with Crippen LogP contribution in [0.4, 0.5) is 79.0 Å². The van der Waals surface area contributed by atoms with Crippen molar-refractivity contribution in [3.63, 3.8) is 0 Å². The van der Waals surface area contributed by atoms with Crippen LogP contribution in [0.1, 0.15) is 36.5 Å². The van der Waals surface area contributed by atoms with Crippen LogP contribution in [0.15, 0.2) is 78.9 Å². The van der Waals surface area contributed by atoms with Crippen LogP contribution in [0, 0.1) is 0 Å². The summed E-state index contributed by atoms with van der Waals surface area (Å²) in [5.41, 5.74) is 0.00214. The fraction of sp³-hybridized carbons (Fsp3) is 0.444. The highest BCUT2D eigenvalue weighted by Crippen LogP contribution is 2.55. The predicted molar refractivity (Wildman–Crippen MR) is 183 cm³/mol. The molecule has 0 saturated heterocycles. The Kier molecular flexibility index (Phi) is 15.3. The third kappa shape index (κ3) is 11.2. The van der Waals surface area contributed by atoms with Gasteiger partial charge in [-0.1, -0.05) is 90.6 Å². The Labute approximate surface area is 329 Å². The number of carbonyl (C=O) groups is 2. The van der Waals surface area contributed by atoms with Gasteiger partial charge in [-0.05, 0) is 48.1 Å². The summed E-state index contributed by atoms with van der Waals surface area (Å²) in [4.78, 5) is 25.3. The number of halogens is 18. The first-order valence-corrected chi connectivity index (χ1v) is 19.1. The average molecular weight is 914 g/mol. The standard InChI is InChI=1S/C36H30F18NO2PS/c1-21(56)55-27(19-24-5-3-2-4-6-24)28(57)59-20-58(25-11-7-22(8-12-25)15-17-29(37,38)31(41,42)33(45,46)35(49,50)51)26-13-9-23(10-14-26)16-18-30(39,40)32(43,44)34(47,48)36(52,53)54/h2-14,27H,15-20H2,1H3,(H,55,56)/t27-/m0/s1. The molecule has 0 fully saturated rings. The van der Waals surface area contributed by atoms with Gasteiger partial charge in [0.2, 0.25) is 11.0 Å². The summed E-state index contributed by atoms with van der Waals surface area (Å²) in [6, 6.07) is 16.3. The van der Waals surface area contributed by atoms with E-state index in [1.54, 1.807) is 30.3 Å². The zero-order valence-corrected chi connectivity index (χ0v) is 31.5. The van der Waals surface area contributed by atoms with E-state index in [2.05, 4.69) is 5.32 Å². The molecule has 3 aromatic carbocycles. The molecule has 3 aromatic rings. The Hall–Kier alpha value is -3.68. The summed E-state index contributed by atoms with van der Waals surface area (Å²) in [6.45, 7) is 1.14. The van der Waals surface area contributed by atoms with Crippen LogP contribution in [0.25, 0.3) is 0 Å². The van der Waals surface area contributed by atoms with Crippen LogP contribution in [-0.4, -0.2) is 70.4 Å². The van der Waals surface area contributed by atoms with Crippen molar-refractivity contribution >= 4 is 41.3 Å². The first kappa shape index (κ1) is 49.7. The van der Waals surface area contributed by atoms with Gasteiger partial charge < -0.3 is 5.32 Å². The normalized spacial score (nSPS) is 14.4. The lowest BCUT2D eigenvalue weighted by molar-refractivity contribution is -0.396. The molecule has 59 heavy (non-hydrogen) atoms. The maximum atomic E-state index is 14.2. The van der Waals surface area contributed by atoms with E-state index in [4.69, 9.17) is 0 Å². The van der Waals surface area contributed by atoms with Gasteiger partial charge in [-0.25, -0.2) is 0 Å². The van der Waals surface area contributed by atoms with Gasteiger partial charge in [-0.15, -0.1) is 0 Å². The summed E-state index contributed by atoms with van der Waals surface area (Å²) < 4.78 is 240. The first-order chi connectivity index (χ1) is 26.8. The van der Waals surface area contributed by atoms with Crippen LogP contribution in [-0.2, 0) is 28.9 Å². The van der Waals surface area contributed by atoms with Gasteiger partial charge in [-0.2, -0.15) is 79.0 Å². The SMILES string of the molecule is CC(=O)N[C@@H](Cc1ccccc1)C(=O)SCP(c1ccc(CCC(F)(F)C(F)(F)C(F)(F)C(F)(F)F)cc1)c1ccc(CCC(F)(F)C(F)(F)C(F)(F)C(F)(F)F)cc1. The van der Waals surface area contributed by atoms with E-state index in [0.29, 0.717) is 17.3 Å². The number of thioether (sulfide) groups is 1. The van der Waals surface area contributed by atoms with E-state index in [-0.39, 0.29) is 33.7 Å². The number of benzene rings is 3. The van der Waals surface area contributed by atoms with Crippen molar-refractivity contribution < 1.29 is 88.6 Å². The minimum atomic E-state index is -7.08. The van der Waals surface area contributed by atoms with Gasteiger partial charge in [0, 0.05) is 31.7 Å². The summed E-state index contributed by atoms with van der Waals surface area (Å²) in [6.07, 6.45) is -20.6. The molecule has 23 heteroatoms. The Morgan fingerprint density at radius 1 is 0.542 bits per heavy atom. The third-order valence-electron chi connectivity index (χ3n) is 8.65. The first-order valence-electron chi connectivity index (χ1n) is 16.6. The van der Waals surface area contributed by atoms with E-state index in [1.807, 2.05) is 0 Å². The number of amides is 1. The minimum absolute atomic E-state index is 0.0325. The molecule has 0 bridgehead atoms. The van der Waals surface area contributed by atoms with Gasteiger partial charge in [-0.3, -0.25) is 9.59 Å². The zero-order valence-electron chi connectivity index (χ0n) is 29.8. The number of rotatable bonds is 18. The van der Waals surface area contributed by atoms with Crippen molar-refractivity contribution in [2.45, 2.75) is 93.0 Å². The van der Waals surface area contributed by atoms with E-state index in [1.165, 1.54) is 24.3 Å². The maximum absolute atomic E-state index is 14.2. The van der Waals surface area contributed by atoms with Crippen LogP contribution in [0.2, 0.25) is 0 Å². The Balaban J connectivity index is 1.90. The molecule has 0 saturated carbocycles. The van der Waals surface area contributed by atoms with Crippen molar-refractivity contribution in [2.75, 3.05) is 5.49 Å². The Bertz CT molecular complexity index is 1770. The lowest BCUT2D eigenvalue weighted by atomic mass is 9.97. The van der Waals surface area contributed by atoms with Crippen LogP contribution in [0.5, 0.6) is 0 Å². The van der Waals surface area contributed by atoms with Gasteiger partial charge in [0.25, 0.3) is 0 Å². The highest BCUT2D eigenvalue weighted by atomic mass is 32.2. The van der Waals surface area contributed by atoms with Crippen molar-refractivity contribution in [3.8, 4) is 0 Å². The van der Waals surface area contributed by atoms with Crippen LogP contribution >= 0.6 is 19.7 Å². The Morgan fingerprint density at radius 2 is 0.915 bits per heavy atom. The number of hydrogen-bond donors (Lipinski definition) is 1. The predicted octanol–water partition coefficient (Wildman–Crippen LogP) is 10.9. The second kappa shape index (κ2) is 18.1. The molecule has 0 aliphatic rings. The molecule has 0 aromatic heterocycles. The fourth-order valence-electron chi connectivity index (χ4n) is 5.23. The summed E-state index contributed by atoms with van der Waals surface area (Å²) >= 11 is 0.677. The molecule has 1 N–H and O–H groups in total. The lowest BCUT2D eigenvalue weighted by Crippen LogP contribution is -2.60. The highest BCUT2D eigenvalue weighted by Gasteiger charge is 2.82. The molecule has 0 radical (unpaired) electrons. The molecule has 3 rings (SSSR count). The number of alkyl halides is 18. The van der Waals surface area contributed by atoms with Crippen molar-refractivity contribution in [2.24, 2.45) is 0 Å². The quantitative estimate of drug-likeness (QED) is 0.102. The van der Waals surface area contributed by atoms with Gasteiger partial charge >= 0.3 is 47.9 Å². The molecule has 0 unspecified atom stereocenters. The number of carbonyl (C=O) groups excluding carboxylic acids is 2. The van der Waals surface area contributed by atoms with Crippen LogP contribution in [0.3, 0.4) is 0 Å². The van der Waals surface area contributed by atoms with Crippen LogP contribution < -0.4 is 15.9 Å². The molecular formula is C36H30F18NO2PS. The highest BCUT2D eigenvalue weighted by molar-refractivity contribution is 8.18. The van der Waals surface area contributed by atoms with Crippen molar-refractivity contribution in [1.29, 1.82) is 0 Å². The van der Waals surface area contributed by atoms with E-state index < -0.39 is 98.6 Å². The second-order valence-corrected chi connectivity index (χ2v) is 16.6. The van der Waals surface area contributed by atoms with E-state index in [0.717, 1.165) is 31.2 Å². The fourth-order valence-corrected chi connectivity index (χ4v) is 9.11. The van der Waals surface area contributed by atoms with Crippen molar-refractivity contribution in [3.05, 3.63) is 95.6 Å². The smallest absolute Gasteiger partial charge is 0.345 e. The number of hydrogen-bond acceptors (Lipinski definition) is 3. The molecule has 328 valence electrons. The molecular weight excluding hydrogens is 883 g/mol.